The van der Waals surface area contributed by atoms with E-state index in [-0.39, 0.29) is 12.3 Å². The molecule has 0 bridgehead atoms. The van der Waals surface area contributed by atoms with Crippen molar-refractivity contribution in [1.82, 2.24) is 15.3 Å². The number of carboxylic acid groups (broad SMARTS) is 1. The van der Waals surface area contributed by atoms with Crippen LogP contribution in [-0.2, 0) is 11.2 Å². The van der Waals surface area contributed by atoms with Crippen molar-refractivity contribution >= 4 is 23.2 Å². The molecule has 0 fully saturated rings. The summed E-state index contributed by atoms with van der Waals surface area (Å²) in [6.07, 6.45) is 3.18. The van der Waals surface area contributed by atoms with Crippen LogP contribution in [0.15, 0.2) is 23.3 Å². The molecule has 0 spiro atoms. The van der Waals surface area contributed by atoms with Crippen molar-refractivity contribution in [2.24, 2.45) is 0 Å². The van der Waals surface area contributed by atoms with Gasteiger partial charge in [0.15, 0.2) is 0 Å². The van der Waals surface area contributed by atoms with E-state index in [1.807, 2.05) is 12.3 Å². The molecule has 0 aromatic carbocycles. The number of imidazole rings is 1. The highest BCUT2D eigenvalue weighted by molar-refractivity contribution is 7.08. The van der Waals surface area contributed by atoms with E-state index in [1.54, 1.807) is 5.38 Å². The molecule has 0 saturated carbocycles. The van der Waals surface area contributed by atoms with Crippen LogP contribution in [0.5, 0.6) is 0 Å². The lowest BCUT2D eigenvalue weighted by atomic mass is 10.1. The predicted molar refractivity (Wildman–Crippen MR) is 70.2 cm³/mol. The number of hydrogen-bond acceptors (Lipinski definition) is 4. The first-order chi connectivity index (χ1) is 9.08. The molecule has 3 N–H and O–H groups in total. The number of nitrogens with zero attached hydrogens (tertiary/aromatic N) is 1. The molecule has 2 aromatic rings. The first-order valence-corrected chi connectivity index (χ1v) is 6.56. The van der Waals surface area contributed by atoms with E-state index in [0.29, 0.717) is 11.3 Å². The van der Waals surface area contributed by atoms with Crippen molar-refractivity contribution in [3.63, 3.8) is 0 Å². The van der Waals surface area contributed by atoms with Gasteiger partial charge < -0.3 is 15.4 Å². The van der Waals surface area contributed by atoms with Gasteiger partial charge in [-0.15, -0.1) is 0 Å². The average Bonchev–Trinajstić information content (AvgIpc) is 2.99. The molecule has 2 rings (SSSR count). The van der Waals surface area contributed by atoms with Crippen LogP contribution >= 0.6 is 11.3 Å². The van der Waals surface area contributed by atoms with Crippen molar-refractivity contribution in [3.8, 4) is 0 Å². The molecule has 1 amide bonds. The van der Waals surface area contributed by atoms with Crippen molar-refractivity contribution in [1.29, 1.82) is 0 Å². The second-order valence-corrected chi connectivity index (χ2v) is 4.86. The van der Waals surface area contributed by atoms with Crippen LogP contribution in [0.2, 0.25) is 0 Å². The third-order valence-corrected chi connectivity index (χ3v) is 3.54. The summed E-state index contributed by atoms with van der Waals surface area (Å²) in [5.74, 6) is -1.44. The maximum atomic E-state index is 12.0. The highest BCUT2D eigenvalue weighted by atomic mass is 32.1. The van der Waals surface area contributed by atoms with Crippen molar-refractivity contribution in [2.75, 3.05) is 0 Å². The number of H-pyrrole nitrogens is 1. The van der Waals surface area contributed by atoms with Crippen LogP contribution in [0.4, 0.5) is 0 Å². The average molecular weight is 279 g/mol. The van der Waals surface area contributed by atoms with Crippen LogP contribution < -0.4 is 5.32 Å². The summed E-state index contributed by atoms with van der Waals surface area (Å²) in [5, 5.41) is 15.2. The highest BCUT2D eigenvalue weighted by Gasteiger charge is 2.22. The Labute approximate surface area is 113 Å². The molecule has 19 heavy (non-hydrogen) atoms. The van der Waals surface area contributed by atoms with Crippen LogP contribution in [0.1, 0.15) is 21.6 Å². The number of nitrogens with one attached hydrogen (secondary N) is 2. The van der Waals surface area contributed by atoms with Crippen LogP contribution in [-0.4, -0.2) is 33.0 Å². The SMILES string of the molecule is Cc1cscc1C(=O)N[C@@H](Cc1cnc[nH]1)C(=O)O. The molecule has 6 nitrogen and oxygen atoms in total. The second-order valence-electron chi connectivity index (χ2n) is 4.11. The quantitative estimate of drug-likeness (QED) is 0.766. The molecule has 100 valence electrons. The summed E-state index contributed by atoms with van der Waals surface area (Å²) < 4.78 is 0. The topological polar surface area (TPSA) is 95.1 Å². The maximum Gasteiger partial charge on any atom is 0.326 e. The minimum Gasteiger partial charge on any atom is -0.480 e. The molecule has 0 aliphatic carbocycles. The first kappa shape index (κ1) is 13.3. The third kappa shape index (κ3) is 3.19. The Bertz CT molecular complexity index is 577. The summed E-state index contributed by atoms with van der Waals surface area (Å²) >= 11 is 1.41. The van der Waals surface area contributed by atoms with E-state index in [0.717, 1.165) is 5.56 Å². The fourth-order valence-electron chi connectivity index (χ4n) is 1.65. The minimum absolute atomic E-state index is 0.171. The predicted octanol–water partition coefficient (Wildman–Crippen LogP) is 1.21. The Kier molecular flexibility index (Phi) is 3.96. The molecule has 0 aliphatic heterocycles. The molecular weight excluding hydrogens is 266 g/mol. The number of carbonyl (C=O) groups excluding carboxylic acids is 1. The van der Waals surface area contributed by atoms with Gasteiger partial charge in [-0.25, -0.2) is 9.78 Å². The van der Waals surface area contributed by atoms with Gasteiger partial charge in [0.05, 0.1) is 11.9 Å². The number of thiophene rings is 1. The Hall–Kier alpha value is -2.15. The van der Waals surface area contributed by atoms with Crippen molar-refractivity contribution in [3.05, 3.63) is 40.1 Å². The van der Waals surface area contributed by atoms with Gasteiger partial charge in [0.25, 0.3) is 5.91 Å². The fourth-order valence-corrected chi connectivity index (χ4v) is 2.47. The lowest BCUT2D eigenvalue weighted by Crippen LogP contribution is -2.42. The molecule has 0 saturated heterocycles. The van der Waals surface area contributed by atoms with Gasteiger partial charge in [0.1, 0.15) is 6.04 Å². The van der Waals surface area contributed by atoms with E-state index in [9.17, 15) is 9.59 Å². The molecule has 2 heterocycles. The Balaban J connectivity index is 2.07. The molecule has 1 atom stereocenters. The van der Waals surface area contributed by atoms with Crippen LogP contribution in [0, 0.1) is 6.92 Å². The zero-order chi connectivity index (χ0) is 13.8. The summed E-state index contributed by atoms with van der Waals surface area (Å²) in [4.78, 5) is 29.8. The number of aryl methyl sites for hydroxylation is 1. The summed E-state index contributed by atoms with van der Waals surface area (Å²) in [5.41, 5.74) is 2.02. The van der Waals surface area contributed by atoms with Crippen LogP contribution in [0.3, 0.4) is 0 Å². The van der Waals surface area contributed by atoms with E-state index in [4.69, 9.17) is 5.11 Å². The normalized spacial score (nSPS) is 12.1. The number of carbonyl (C=O) groups is 2. The van der Waals surface area contributed by atoms with Gasteiger partial charge in [-0.3, -0.25) is 4.79 Å². The summed E-state index contributed by atoms with van der Waals surface area (Å²) in [6, 6.07) is -0.979. The van der Waals surface area contributed by atoms with Gasteiger partial charge in [0.2, 0.25) is 0 Å². The van der Waals surface area contributed by atoms with Gasteiger partial charge in [-0.1, -0.05) is 0 Å². The van der Waals surface area contributed by atoms with Gasteiger partial charge >= 0.3 is 5.97 Å². The lowest BCUT2D eigenvalue weighted by Gasteiger charge is -2.13. The monoisotopic (exact) mass is 279 g/mol. The molecule has 2 aromatic heterocycles. The zero-order valence-corrected chi connectivity index (χ0v) is 11.0. The third-order valence-electron chi connectivity index (χ3n) is 2.68. The molecule has 0 unspecified atom stereocenters. The minimum atomic E-state index is -1.07. The molecule has 0 radical (unpaired) electrons. The maximum absolute atomic E-state index is 12.0. The summed E-state index contributed by atoms with van der Waals surface area (Å²) in [7, 11) is 0. The van der Waals surface area contributed by atoms with Crippen molar-refractivity contribution in [2.45, 2.75) is 19.4 Å². The van der Waals surface area contributed by atoms with E-state index >= 15 is 0 Å². The van der Waals surface area contributed by atoms with Gasteiger partial charge in [0, 0.05) is 23.7 Å². The number of hydrogen-bond donors (Lipinski definition) is 3. The number of aliphatic carboxylic acids is 1. The summed E-state index contributed by atoms with van der Waals surface area (Å²) in [6.45, 7) is 1.82. The highest BCUT2D eigenvalue weighted by Crippen LogP contribution is 2.13. The number of carboxylic acids is 1. The Morgan fingerprint density at radius 1 is 1.53 bits per heavy atom. The number of aromatic nitrogens is 2. The fraction of sp³-hybridized carbons (Fsp3) is 0.250. The molecular formula is C12H13N3O3S. The lowest BCUT2D eigenvalue weighted by molar-refractivity contribution is -0.139. The zero-order valence-electron chi connectivity index (χ0n) is 10.2. The van der Waals surface area contributed by atoms with Gasteiger partial charge in [-0.05, 0) is 17.9 Å². The van der Waals surface area contributed by atoms with E-state index in [1.165, 1.54) is 23.9 Å². The number of aromatic amines is 1. The molecule has 7 heteroatoms. The van der Waals surface area contributed by atoms with Gasteiger partial charge in [-0.2, -0.15) is 11.3 Å². The first-order valence-electron chi connectivity index (χ1n) is 5.61. The standard InChI is InChI=1S/C12H13N3O3S/c1-7-4-19-5-9(7)11(16)15-10(12(17)18)2-8-3-13-6-14-8/h3-6,10H,2H2,1H3,(H,13,14)(H,15,16)(H,17,18)/t10-/m0/s1. The number of amides is 1. The largest absolute Gasteiger partial charge is 0.480 e. The van der Waals surface area contributed by atoms with E-state index < -0.39 is 12.0 Å². The van der Waals surface area contributed by atoms with Crippen molar-refractivity contribution < 1.29 is 14.7 Å². The van der Waals surface area contributed by atoms with E-state index in [2.05, 4.69) is 15.3 Å². The molecule has 0 aliphatic rings. The Morgan fingerprint density at radius 3 is 2.84 bits per heavy atom. The Morgan fingerprint density at radius 2 is 2.32 bits per heavy atom. The number of rotatable bonds is 5. The van der Waals surface area contributed by atoms with Crippen LogP contribution in [0.25, 0.3) is 0 Å². The second kappa shape index (κ2) is 5.66. The smallest absolute Gasteiger partial charge is 0.326 e.